The van der Waals surface area contributed by atoms with E-state index in [1.165, 1.54) is 0 Å². The highest BCUT2D eigenvalue weighted by Crippen LogP contribution is 2.11. The maximum atomic E-state index is 5.54. The van der Waals surface area contributed by atoms with Gasteiger partial charge in [0.25, 0.3) is 0 Å². The Morgan fingerprint density at radius 1 is 1.25 bits per heavy atom. The van der Waals surface area contributed by atoms with Gasteiger partial charge in [-0.1, -0.05) is 6.92 Å². The minimum Gasteiger partial charge on any atom is -0.478 e. The van der Waals surface area contributed by atoms with Gasteiger partial charge in [-0.3, -0.25) is 0 Å². The molecule has 1 N–H and O–H groups in total. The molecule has 0 aliphatic heterocycles. The van der Waals surface area contributed by atoms with Crippen LogP contribution in [0.15, 0.2) is 6.07 Å². The molecular formula is C14H26N4O2. The number of nitrogens with zero attached hydrogens (tertiary/aromatic N) is 3. The molecule has 20 heavy (non-hydrogen) atoms. The second-order valence-corrected chi connectivity index (χ2v) is 4.74. The average Bonchev–Trinajstić information content (AvgIpc) is 2.42. The Hall–Kier alpha value is -1.40. The van der Waals surface area contributed by atoms with Crippen molar-refractivity contribution in [1.82, 2.24) is 14.9 Å². The summed E-state index contributed by atoms with van der Waals surface area (Å²) in [7, 11) is 3.78. The van der Waals surface area contributed by atoms with Gasteiger partial charge in [-0.15, -0.1) is 0 Å². The van der Waals surface area contributed by atoms with Crippen LogP contribution in [0.2, 0.25) is 0 Å². The largest absolute Gasteiger partial charge is 0.478 e. The third kappa shape index (κ3) is 6.68. The third-order valence-corrected chi connectivity index (χ3v) is 2.74. The quantitative estimate of drug-likeness (QED) is 0.703. The van der Waals surface area contributed by atoms with E-state index in [1.807, 2.05) is 13.0 Å². The molecule has 0 spiro atoms. The summed E-state index contributed by atoms with van der Waals surface area (Å²) in [6, 6.07) is 1.85. The molecule has 1 rings (SSSR count). The lowest BCUT2D eigenvalue weighted by atomic mass is 10.4. The van der Waals surface area contributed by atoms with Crippen LogP contribution in [0.25, 0.3) is 0 Å². The van der Waals surface area contributed by atoms with Crippen LogP contribution in [0.5, 0.6) is 5.88 Å². The molecule has 6 nitrogen and oxygen atoms in total. The molecule has 0 saturated carbocycles. The highest BCUT2D eigenvalue weighted by Gasteiger charge is 2.03. The Morgan fingerprint density at radius 2 is 2.05 bits per heavy atom. The fourth-order valence-electron chi connectivity index (χ4n) is 1.62. The van der Waals surface area contributed by atoms with Crippen molar-refractivity contribution in [3.05, 3.63) is 11.8 Å². The van der Waals surface area contributed by atoms with Crippen LogP contribution >= 0.6 is 0 Å². The number of anilines is 1. The van der Waals surface area contributed by atoms with Crippen LogP contribution in [0.1, 0.15) is 19.0 Å². The number of nitrogens with one attached hydrogen (secondary N) is 1. The maximum Gasteiger partial charge on any atom is 0.226 e. The first-order valence-corrected chi connectivity index (χ1v) is 7.05. The molecular weight excluding hydrogens is 256 g/mol. The number of hydrogen-bond acceptors (Lipinski definition) is 6. The van der Waals surface area contributed by atoms with Gasteiger partial charge in [0.2, 0.25) is 11.8 Å². The third-order valence-electron chi connectivity index (χ3n) is 2.74. The minimum absolute atomic E-state index is 0.622. The van der Waals surface area contributed by atoms with Gasteiger partial charge in [0, 0.05) is 38.5 Å². The fourth-order valence-corrected chi connectivity index (χ4v) is 1.62. The summed E-state index contributed by atoms with van der Waals surface area (Å²) in [6.07, 6.45) is 0.968. The molecule has 1 aromatic heterocycles. The molecule has 6 heteroatoms. The summed E-state index contributed by atoms with van der Waals surface area (Å²) in [6.45, 7) is 8.04. The van der Waals surface area contributed by atoms with E-state index in [0.717, 1.165) is 38.4 Å². The van der Waals surface area contributed by atoms with E-state index in [1.54, 1.807) is 7.11 Å². The summed E-state index contributed by atoms with van der Waals surface area (Å²) in [4.78, 5) is 10.9. The zero-order chi connectivity index (χ0) is 14.8. The highest BCUT2D eigenvalue weighted by molar-refractivity contribution is 5.30. The van der Waals surface area contributed by atoms with Crippen LogP contribution in [0.3, 0.4) is 0 Å². The van der Waals surface area contributed by atoms with Crippen LogP contribution < -0.4 is 10.1 Å². The zero-order valence-corrected chi connectivity index (χ0v) is 13.0. The van der Waals surface area contributed by atoms with Crippen molar-refractivity contribution in [3.8, 4) is 5.88 Å². The monoisotopic (exact) mass is 282 g/mol. The van der Waals surface area contributed by atoms with Crippen molar-refractivity contribution >= 4 is 5.95 Å². The number of likely N-dealkylation sites (N-methyl/N-ethyl adjacent to an activating group) is 1. The molecule has 1 heterocycles. The number of ether oxygens (including phenoxy) is 2. The second-order valence-electron chi connectivity index (χ2n) is 4.74. The molecule has 114 valence electrons. The molecule has 0 unspecified atom stereocenters. The Morgan fingerprint density at radius 3 is 2.75 bits per heavy atom. The Labute approximate surface area is 121 Å². The van der Waals surface area contributed by atoms with Gasteiger partial charge in [-0.2, -0.15) is 4.98 Å². The summed E-state index contributed by atoms with van der Waals surface area (Å²) in [5.41, 5.74) is 0.904. The predicted molar refractivity (Wildman–Crippen MR) is 80.4 cm³/mol. The molecule has 0 atom stereocenters. The lowest BCUT2D eigenvalue weighted by molar-refractivity contribution is 0.163. The van der Waals surface area contributed by atoms with Gasteiger partial charge < -0.3 is 19.7 Å². The first-order chi connectivity index (χ1) is 9.65. The summed E-state index contributed by atoms with van der Waals surface area (Å²) >= 11 is 0. The van der Waals surface area contributed by atoms with Crippen molar-refractivity contribution in [2.24, 2.45) is 0 Å². The van der Waals surface area contributed by atoms with E-state index in [0.29, 0.717) is 18.4 Å². The number of rotatable bonds is 10. The predicted octanol–water partition coefficient (Wildman–Crippen LogP) is 1.56. The molecule has 0 aromatic carbocycles. The minimum atomic E-state index is 0.622. The number of methoxy groups -OCH3 is 1. The molecule has 0 fully saturated rings. The van der Waals surface area contributed by atoms with Gasteiger partial charge in [-0.25, -0.2) is 4.98 Å². The van der Waals surface area contributed by atoms with E-state index < -0.39 is 0 Å². The smallest absolute Gasteiger partial charge is 0.226 e. The maximum absolute atomic E-state index is 5.54. The van der Waals surface area contributed by atoms with Gasteiger partial charge in [0.1, 0.15) is 0 Å². The van der Waals surface area contributed by atoms with Gasteiger partial charge >= 0.3 is 0 Å². The summed E-state index contributed by atoms with van der Waals surface area (Å²) in [5.74, 6) is 1.26. The van der Waals surface area contributed by atoms with E-state index in [4.69, 9.17) is 9.47 Å². The van der Waals surface area contributed by atoms with E-state index >= 15 is 0 Å². The second kappa shape index (κ2) is 9.50. The number of aryl methyl sites for hydroxylation is 1. The van der Waals surface area contributed by atoms with Crippen molar-refractivity contribution in [2.75, 3.05) is 52.3 Å². The first-order valence-electron chi connectivity index (χ1n) is 7.05. The molecule has 0 aliphatic carbocycles. The normalized spacial score (nSPS) is 10.8. The molecule has 0 saturated heterocycles. The number of hydrogen-bond donors (Lipinski definition) is 1. The van der Waals surface area contributed by atoms with Crippen LogP contribution in [0.4, 0.5) is 5.95 Å². The molecule has 0 aliphatic rings. The zero-order valence-electron chi connectivity index (χ0n) is 13.0. The average molecular weight is 282 g/mol. The SMILES string of the molecule is CCCOc1cc(C)nc(NCCN(C)CCOC)n1. The summed E-state index contributed by atoms with van der Waals surface area (Å²) in [5, 5.41) is 3.22. The highest BCUT2D eigenvalue weighted by atomic mass is 16.5. The standard InChI is InChI=1S/C14H26N4O2/c1-5-9-20-13-11-12(2)16-14(17-13)15-6-7-18(3)8-10-19-4/h11H,5-10H2,1-4H3,(H,15,16,17). The van der Waals surface area contributed by atoms with Gasteiger partial charge in [-0.05, 0) is 20.4 Å². The molecule has 1 aromatic rings. The van der Waals surface area contributed by atoms with Crippen molar-refractivity contribution in [1.29, 1.82) is 0 Å². The lowest BCUT2D eigenvalue weighted by Crippen LogP contribution is -2.28. The first kappa shape index (κ1) is 16.7. The van der Waals surface area contributed by atoms with E-state index in [2.05, 4.69) is 34.2 Å². The van der Waals surface area contributed by atoms with E-state index in [-0.39, 0.29) is 0 Å². The van der Waals surface area contributed by atoms with Crippen LogP contribution in [-0.2, 0) is 4.74 Å². The lowest BCUT2D eigenvalue weighted by Gasteiger charge is -2.16. The molecule has 0 amide bonds. The van der Waals surface area contributed by atoms with Gasteiger partial charge in [0.05, 0.1) is 13.2 Å². The molecule has 0 radical (unpaired) electrons. The fraction of sp³-hybridized carbons (Fsp3) is 0.714. The Balaban J connectivity index is 2.40. The number of aromatic nitrogens is 2. The van der Waals surface area contributed by atoms with Crippen molar-refractivity contribution in [3.63, 3.8) is 0 Å². The van der Waals surface area contributed by atoms with Crippen LogP contribution in [-0.4, -0.2) is 61.9 Å². The van der Waals surface area contributed by atoms with Crippen molar-refractivity contribution < 1.29 is 9.47 Å². The van der Waals surface area contributed by atoms with E-state index in [9.17, 15) is 0 Å². The van der Waals surface area contributed by atoms with Crippen molar-refractivity contribution in [2.45, 2.75) is 20.3 Å². The Kier molecular flexibility index (Phi) is 7.91. The Bertz CT molecular complexity index is 387. The molecule has 0 bridgehead atoms. The van der Waals surface area contributed by atoms with Crippen LogP contribution in [0, 0.1) is 6.92 Å². The van der Waals surface area contributed by atoms with Gasteiger partial charge in [0.15, 0.2) is 0 Å². The topological polar surface area (TPSA) is 59.5 Å². The summed E-state index contributed by atoms with van der Waals surface area (Å²) < 4.78 is 10.6.